The van der Waals surface area contributed by atoms with Crippen molar-refractivity contribution in [2.24, 2.45) is 0 Å². The molecule has 0 saturated carbocycles. The first-order chi connectivity index (χ1) is 10.1. The lowest BCUT2D eigenvalue weighted by Gasteiger charge is -2.10. The molecule has 0 aliphatic rings. The maximum atomic E-state index is 12.3. The highest BCUT2D eigenvalue weighted by Gasteiger charge is 2.12. The zero-order chi connectivity index (χ0) is 15.2. The van der Waals surface area contributed by atoms with Gasteiger partial charge in [-0.2, -0.15) is 0 Å². The minimum Gasteiger partial charge on any atom is -0.373 e. The molecule has 1 aromatic heterocycles. The molecule has 1 atom stereocenters. The van der Waals surface area contributed by atoms with E-state index < -0.39 is 10.8 Å². The topological polar surface area (TPSA) is 71.1 Å². The first-order valence-electron chi connectivity index (χ1n) is 6.77. The summed E-state index contributed by atoms with van der Waals surface area (Å²) < 4.78 is 11.0. The van der Waals surface area contributed by atoms with Crippen LogP contribution in [0.15, 0.2) is 30.3 Å². The van der Waals surface area contributed by atoms with E-state index in [0.717, 1.165) is 10.9 Å². The number of hydrogen-bond acceptors (Lipinski definition) is 4. The van der Waals surface area contributed by atoms with Crippen LogP contribution in [0.3, 0.4) is 0 Å². The third-order valence-electron chi connectivity index (χ3n) is 3.11. The van der Waals surface area contributed by atoms with Gasteiger partial charge < -0.3 is 10.6 Å². The highest BCUT2D eigenvalue weighted by atomic mass is 32.2. The quantitative estimate of drug-likeness (QED) is 0.798. The number of fused-ring (bicyclic) bond motifs is 1. The molecule has 0 aliphatic heterocycles. The summed E-state index contributed by atoms with van der Waals surface area (Å²) in [6.45, 7) is 0.518. The van der Waals surface area contributed by atoms with Crippen LogP contribution in [0.5, 0.6) is 0 Å². The van der Waals surface area contributed by atoms with Crippen LogP contribution in [0.1, 0.15) is 16.8 Å². The lowest BCUT2D eigenvalue weighted by molar-refractivity contribution is 0.0955. The number of benzene rings is 1. The summed E-state index contributed by atoms with van der Waals surface area (Å²) in [6.07, 6.45) is 2.37. The Balaban J connectivity index is 2.19. The molecule has 2 N–H and O–H groups in total. The van der Waals surface area contributed by atoms with Gasteiger partial charge in [0.25, 0.3) is 5.91 Å². The summed E-state index contributed by atoms with van der Waals surface area (Å²) >= 11 is 0. The molecule has 1 heterocycles. The number of nitrogens with one attached hydrogen (secondary N) is 2. The molecule has 112 valence electrons. The molecule has 0 spiro atoms. The van der Waals surface area contributed by atoms with E-state index in [0.29, 0.717) is 30.1 Å². The number of nitrogens with zero attached hydrogens (tertiary/aromatic N) is 1. The van der Waals surface area contributed by atoms with Crippen molar-refractivity contribution in [3.8, 4) is 0 Å². The monoisotopic (exact) mass is 305 g/mol. The van der Waals surface area contributed by atoms with Crippen molar-refractivity contribution in [2.45, 2.75) is 6.42 Å². The van der Waals surface area contributed by atoms with Gasteiger partial charge in [-0.25, -0.2) is 4.98 Å². The number of aromatic nitrogens is 1. The van der Waals surface area contributed by atoms with Crippen LogP contribution in [0.25, 0.3) is 10.9 Å². The van der Waals surface area contributed by atoms with E-state index in [1.165, 1.54) is 0 Å². The fraction of sp³-hybridized carbons (Fsp3) is 0.333. The number of hydrogen-bond donors (Lipinski definition) is 2. The maximum absolute atomic E-state index is 12.3. The van der Waals surface area contributed by atoms with Crippen LogP contribution in [0.4, 0.5) is 5.82 Å². The minimum absolute atomic E-state index is 0.132. The van der Waals surface area contributed by atoms with Crippen molar-refractivity contribution < 1.29 is 9.00 Å². The minimum atomic E-state index is -0.823. The van der Waals surface area contributed by atoms with E-state index in [4.69, 9.17) is 0 Å². The van der Waals surface area contributed by atoms with Crippen molar-refractivity contribution >= 4 is 33.4 Å². The van der Waals surface area contributed by atoms with Crippen LogP contribution < -0.4 is 10.6 Å². The Kier molecular flexibility index (Phi) is 5.27. The van der Waals surface area contributed by atoms with Crippen molar-refractivity contribution in [3.05, 3.63) is 35.9 Å². The van der Waals surface area contributed by atoms with Gasteiger partial charge in [-0.3, -0.25) is 9.00 Å². The lowest BCUT2D eigenvalue weighted by Crippen LogP contribution is -2.25. The smallest absolute Gasteiger partial charge is 0.252 e. The molecular formula is C15H19N3O2S. The van der Waals surface area contributed by atoms with Gasteiger partial charge in [0.2, 0.25) is 0 Å². The first kappa shape index (κ1) is 15.4. The van der Waals surface area contributed by atoms with Crippen LogP contribution in [0.2, 0.25) is 0 Å². The molecule has 6 heteroatoms. The first-order valence-corrected chi connectivity index (χ1v) is 8.50. The van der Waals surface area contributed by atoms with E-state index in [1.807, 2.05) is 24.3 Å². The molecule has 1 aromatic carbocycles. The van der Waals surface area contributed by atoms with Gasteiger partial charge in [-0.15, -0.1) is 0 Å². The van der Waals surface area contributed by atoms with E-state index in [9.17, 15) is 9.00 Å². The van der Waals surface area contributed by atoms with E-state index in [-0.39, 0.29) is 5.91 Å². The maximum Gasteiger partial charge on any atom is 0.252 e. The van der Waals surface area contributed by atoms with Crippen LogP contribution in [0, 0.1) is 0 Å². The summed E-state index contributed by atoms with van der Waals surface area (Å²) in [7, 11) is 0.950. The largest absolute Gasteiger partial charge is 0.373 e. The summed E-state index contributed by atoms with van der Waals surface area (Å²) in [4.78, 5) is 16.8. The molecule has 0 radical (unpaired) electrons. The second kappa shape index (κ2) is 7.17. The zero-order valence-electron chi connectivity index (χ0n) is 12.2. The molecule has 0 bridgehead atoms. The van der Waals surface area contributed by atoms with Crippen LogP contribution in [-0.4, -0.2) is 40.7 Å². The van der Waals surface area contributed by atoms with Gasteiger partial charge in [0.15, 0.2) is 0 Å². The predicted molar refractivity (Wildman–Crippen MR) is 87.2 cm³/mol. The average Bonchev–Trinajstić information content (AvgIpc) is 2.50. The third-order valence-corrected chi connectivity index (χ3v) is 3.97. The number of para-hydroxylation sites is 1. The molecule has 2 rings (SSSR count). The summed E-state index contributed by atoms with van der Waals surface area (Å²) in [5.41, 5.74) is 1.38. The van der Waals surface area contributed by atoms with E-state index in [1.54, 1.807) is 19.4 Å². The highest BCUT2D eigenvalue weighted by Crippen LogP contribution is 2.20. The summed E-state index contributed by atoms with van der Waals surface area (Å²) in [6, 6.07) is 9.30. The number of amides is 1. The van der Waals surface area contributed by atoms with Gasteiger partial charge in [-0.05, 0) is 18.6 Å². The van der Waals surface area contributed by atoms with Crippen LogP contribution >= 0.6 is 0 Å². The molecule has 2 aromatic rings. The Morgan fingerprint density at radius 1 is 1.33 bits per heavy atom. The summed E-state index contributed by atoms with van der Waals surface area (Å²) in [5, 5.41) is 6.66. The van der Waals surface area contributed by atoms with Crippen molar-refractivity contribution in [3.63, 3.8) is 0 Å². The van der Waals surface area contributed by atoms with E-state index in [2.05, 4.69) is 15.6 Å². The molecule has 1 amide bonds. The number of carbonyl (C=O) groups excluding carboxylic acids is 1. The molecule has 0 aliphatic carbocycles. The van der Waals surface area contributed by atoms with E-state index >= 15 is 0 Å². The number of rotatable bonds is 6. The van der Waals surface area contributed by atoms with Gasteiger partial charge in [0.05, 0.1) is 11.1 Å². The lowest BCUT2D eigenvalue weighted by atomic mass is 10.1. The number of pyridine rings is 1. The Bertz CT molecular complexity index is 673. The van der Waals surface area contributed by atoms with Crippen molar-refractivity contribution in [1.29, 1.82) is 0 Å². The standard InChI is InChI=1S/C15H19N3O2S/c1-16-14-10-12(11-6-3-4-7-13(11)18-14)15(19)17-8-5-9-21(2)20/h3-4,6-7,10H,5,8-9H2,1-2H3,(H,16,18)(H,17,19). The van der Waals surface area contributed by atoms with Crippen molar-refractivity contribution in [2.75, 3.05) is 30.9 Å². The third kappa shape index (κ3) is 4.01. The molecular weight excluding hydrogens is 286 g/mol. The van der Waals surface area contributed by atoms with Crippen molar-refractivity contribution in [1.82, 2.24) is 10.3 Å². The molecule has 5 nitrogen and oxygen atoms in total. The SMILES string of the molecule is CNc1cc(C(=O)NCCCS(C)=O)c2ccccc2n1. The molecule has 21 heavy (non-hydrogen) atoms. The highest BCUT2D eigenvalue weighted by molar-refractivity contribution is 7.84. The predicted octanol–water partition coefficient (Wildman–Crippen LogP) is 1.77. The normalized spacial score (nSPS) is 12.1. The zero-order valence-corrected chi connectivity index (χ0v) is 13.0. The molecule has 0 fully saturated rings. The number of carbonyl (C=O) groups is 1. The fourth-order valence-electron chi connectivity index (χ4n) is 2.06. The Labute approximate surface area is 126 Å². The molecule has 1 unspecified atom stereocenters. The van der Waals surface area contributed by atoms with Crippen LogP contribution in [-0.2, 0) is 10.8 Å². The second-order valence-corrected chi connectivity index (χ2v) is 6.26. The average molecular weight is 305 g/mol. The Morgan fingerprint density at radius 3 is 2.81 bits per heavy atom. The molecule has 0 saturated heterocycles. The van der Waals surface area contributed by atoms with Gasteiger partial charge >= 0.3 is 0 Å². The summed E-state index contributed by atoms with van der Waals surface area (Å²) in [5.74, 6) is 1.12. The van der Waals surface area contributed by atoms with Gasteiger partial charge in [0, 0.05) is 41.8 Å². The Morgan fingerprint density at radius 2 is 2.10 bits per heavy atom. The Hall–Kier alpha value is -1.95. The fourth-order valence-corrected chi connectivity index (χ4v) is 2.61. The number of anilines is 1. The second-order valence-electron chi connectivity index (χ2n) is 4.71. The van der Waals surface area contributed by atoms with Gasteiger partial charge in [-0.1, -0.05) is 18.2 Å². The van der Waals surface area contributed by atoms with Gasteiger partial charge in [0.1, 0.15) is 5.82 Å².